The van der Waals surface area contributed by atoms with Crippen LogP contribution in [0.5, 0.6) is 0 Å². The molecular formula is C13H21NO3. The summed E-state index contributed by atoms with van der Waals surface area (Å²) in [6.45, 7) is 1.64. The van der Waals surface area contributed by atoms with Crippen molar-refractivity contribution in [1.29, 1.82) is 0 Å². The minimum absolute atomic E-state index is 0.0943. The Labute approximate surface area is 102 Å². The molecule has 1 N–H and O–H groups in total. The third kappa shape index (κ3) is 2.79. The molecule has 1 saturated heterocycles. The van der Waals surface area contributed by atoms with E-state index in [-0.39, 0.29) is 11.8 Å². The fraction of sp³-hybridized carbons (Fsp3) is 0.846. The van der Waals surface area contributed by atoms with Gasteiger partial charge in [0.15, 0.2) is 0 Å². The molecule has 2 aliphatic rings. The van der Waals surface area contributed by atoms with Crippen LogP contribution >= 0.6 is 0 Å². The highest BCUT2D eigenvalue weighted by Crippen LogP contribution is 2.32. The summed E-state index contributed by atoms with van der Waals surface area (Å²) in [7, 11) is 0. The van der Waals surface area contributed by atoms with Crippen molar-refractivity contribution in [1.82, 2.24) is 4.90 Å². The standard InChI is InChI=1S/C13H21NO3/c15-12(14-8-4-1-5-9-14)10-6-2-3-7-11(10)13(16)17/h10-11H,1-9H2,(H,16,17)/t10-,11-/m0/s1. The van der Waals surface area contributed by atoms with Gasteiger partial charge in [-0.3, -0.25) is 9.59 Å². The molecule has 0 radical (unpaired) electrons. The van der Waals surface area contributed by atoms with Crippen LogP contribution in [0.25, 0.3) is 0 Å². The van der Waals surface area contributed by atoms with Gasteiger partial charge in [0.1, 0.15) is 0 Å². The molecule has 0 unspecified atom stereocenters. The van der Waals surface area contributed by atoms with Crippen LogP contribution in [0.4, 0.5) is 0 Å². The smallest absolute Gasteiger partial charge is 0.307 e. The summed E-state index contributed by atoms with van der Waals surface area (Å²) in [5.74, 6) is -1.41. The first-order valence-electron chi connectivity index (χ1n) is 6.72. The summed E-state index contributed by atoms with van der Waals surface area (Å²) in [6, 6.07) is 0. The summed E-state index contributed by atoms with van der Waals surface area (Å²) >= 11 is 0. The molecule has 1 amide bonds. The van der Waals surface area contributed by atoms with Gasteiger partial charge < -0.3 is 10.0 Å². The molecule has 2 atom stereocenters. The lowest BCUT2D eigenvalue weighted by molar-refractivity contribution is -0.152. The zero-order chi connectivity index (χ0) is 12.3. The average Bonchev–Trinajstić information content (AvgIpc) is 2.39. The number of carboxylic acid groups (broad SMARTS) is 1. The molecule has 2 fully saturated rings. The molecule has 4 heteroatoms. The molecule has 1 saturated carbocycles. The molecule has 0 aromatic rings. The summed E-state index contributed by atoms with van der Waals surface area (Å²) in [6.07, 6.45) is 6.68. The van der Waals surface area contributed by atoms with E-state index in [1.165, 1.54) is 6.42 Å². The van der Waals surface area contributed by atoms with Gasteiger partial charge in [-0.25, -0.2) is 0 Å². The number of carbonyl (C=O) groups is 2. The summed E-state index contributed by atoms with van der Waals surface area (Å²) in [5.41, 5.74) is 0. The molecule has 1 aliphatic carbocycles. The lowest BCUT2D eigenvalue weighted by Crippen LogP contribution is -2.44. The molecular weight excluding hydrogens is 218 g/mol. The van der Waals surface area contributed by atoms with Crippen molar-refractivity contribution >= 4 is 11.9 Å². The Balaban J connectivity index is 2.02. The molecule has 1 aliphatic heterocycles. The van der Waals surface area contributed by atoms with Crippen molar-refractivity contribution in [2.75, 3.05) is 13.1 Å². The maximum absolute atomic E-state index is 12.3. The predicted octanol–water partition coefficient (Wildman–Crippen LogP) is 1.89. The van der Waals surface area contributed by atoms with E-state index < -0.39 is 11.9 Å². The van der Waals surface area contributed by atoms with Crippen molar-refractivity contribution < 1.29 is 14.7 Å². The van der Waals surface area contributed by atoms with Crippen molar-refractivity contribution in [3.8, 4) is 0 Å². The zero-order valence-corrected chi connectivity index (χ0v) is 10.2. The first kappa shape index (κ1) is 12.4. The number of piperidine rings is 1. The Morgan fingerprint density at radius 3 is 2.06 bits per heavy atom. The van der Waals surface area contributed by atoms with Crippen LogP contribution in [-0.4, -0.2) is 35.0 Å². The highest BCUT2D eigenvalue weighted by atomic mass is 16.4. The predicted molar refractivity (Wildman–Crippen MR) is 63.5 cm³/mol. The molecule has 17 heavy (non-hydrogen) atoms. The summed E-state index contributed by atoms with van der Waals surface area (Å²) in [4.78, 5) is 25.4. The van der Waals surface area contributed by atoms with Crippen molar-refractivity contribution in [2.24, 2.45) is 11.8 Å². The van der Waals surface area contributed by atoms with E-state index >= 15 is 0 Å². The minimum Gasteiger partial charge on any atom is -0.481 e. The molecule has 4 nitrogen and oxygen atoms in total. The van der Waals surface area contributed by atoms with Gasteiger partial charge in [-0.05, 0) is 32.1 Å². The van der Waals surface area contributed by atoms with Gasteiger partial charge in [0, 0.05) is 13.1 Å². The monoisotopic (exact) mass is 239 g/mol. The normalized spacial score (nSPS) is 30.0. The summed E-state index contributed by atoms with van der Waals surface area (Å²) in [5, 5.41) is 9.19. The van der Waals surface area contributed by atoms with Crippen LogP contribution in [0.1, 0.15) is 44.9 Å². The second-order valence-electron chi connectivity index (χ2n) is 5.22. The first-order valence-corrected chi connectivity index (χ1v) is 6.72. The second-order valence-corrected chi connectivity index (χ2v) is 5.22. The number of rotatable bonds is 2. The number of nitrogens with zero attached hydrogens (tertiary/aromatic N) is 1. The van der Waals surface area contributed by atoms with Gasteiger partial charge >= 0.3 is 5.97 Å². The van der Waals surface area contributed by atoms with Gasteiger partial charge in [-0.1, -0.05) is 12.8 Å². The van der Waals surface area contributed by atoms with Gasteiger partial charge in [-0.2, -0.15) is 0 Å². The number of hydrogen-bond acceptors (Lipinski definition) is 2. The Bertz CT molecular complexity index is 297. The molecule has 0 aromatic heterocycles. The second kappa shape index (κ2) is 5.52. The third-order valence-electron chi connectivity index (χ3n) is 4.07. The number of hydrogen-bond donors (Lipinski definition) is 1. The Morgan fingerprint density at radius 1 is 0.882 bits per heavy atom. The van der Waals surface area contributed by atoms with E-state index in [9.17, 15) is 14.7 Å². The van der Waals surface area contributed by atoms with Crippen LogP contribution in [0.2, 0.25) is 0 Å². The fourth-order valence-corrected chi connectivity index (χ4v) is 3.07. The topological polar surface area (TPSA) is 57.6 Å². The number of amides is 1. The van der Waals surface area contributed by atoms with E-state index in [0.29, 0.717) is 6.42 Å². The highest BCUT2D eigenvalue weighted by Gasteiger charge is 2.37. The maximum Gasteiger partial charge on any atom is 0.307 e. The third-order valence-corrected chi connectivity index (χ3v) is 4.07. The molecule has 1 heterocycles. The van der Waals surface area contributed by atoms with Gasteiger partial charge in [0.2, 0.25) is 5.91 Å². The van der Waals surface area contributed by atoms with Gasteiger partial charge in [-0.15, -0.1) is 0 Å². The zero-order valence-electron chi connectivity index (χ0n) is 10.2. The number of carbonyl (C=O) groups excluding carboxylic acids is 1. The largest absolute Gasteiger partial charge is 0.481 e. The molecule has 0 spiro atoms. The lowest BCUT2D eigenvalue weighted by Gasteiger charge is -2.34. The molecule has 0 aromatic carbocycles. The number of aliphatic carboxylic acids is 1. The Morgan fingerprint density at radius 2 is 1.47 bits per heavy atom. The van der Waals surface area contributed by atoms with Crippen LogP contribution in [0, 0.1) is 11.8 Å². The van der Waals surface area contributed by atoms with E-state index in [1.807, 2.05) is 4.90 Å². The van der Waals surface area contributed by atoms with E-state index in [2.05, 4.69) is 0 Å². The van der Waals surface area contributed by atoms with Crippen molar-refractivity contribution in [3.63, 3.8) is 0 Å². The summed E-state index contributed by atoms with van der Waals surface area (Å²) < 4.78 is 0. The minimum atomic E-state index is -0.792. The van der Waals surface area contributed by atoms with Crippen molar-refractivity contribution in [3.05, 3.63) is 0 Å². The molecule has 0 bridgehead atoms. The SMILES string of the molecule is O=C(O)[C@H]1CCCC[C@@H]1C(=O)N1CCCCC1. The van der Waals surface area contributed by atoms with Crippen LogP contribution in [0.3, 0.4) is 0 Å². The maximum atomic E-state index is 12.3. The Kier molecular flexibility index (Phi) is 4.02. The average molecular weight is 239 g/mol. The lowest BCUT2D eigenvalue weighted by atomic mass is 9.78. The first-order chi connectivity index (χ1) is 8.20. The quantitative estimate of drug-likeness (QED) is 0.800. The fourth-order valence-electron chi connectivity index (χ4n) is 3.07. The Hall–Kier alpha value is -1.06. The van der Waals surface area contributed by atoms with Crippen LogP contribution in [0.15, 0.2) is 0 Å². The van der Waals surface area contributed by atoms with Crippen LogP contribution in [-0.2, 0) is 9.59 Å². The van der Waals surface area contributed by atoms with Gasteiger partial charge in [0.25, 0.3) is 0 Å². The van der Waals surface area contributed by atoms with Gasteiger partial charge in [0.05, 0.1) is 11.8 Å². The molecule has 2 rings (SSSR count). The van der Waals surface area contributed by atoms with E-state index in [1.54, 1.807) is 0 Å². The van der Waals surface area contributed by atoms with E-state index in [0.717, 1.165) is 45.2 Å². The van der Waals surface area contributed by atoms with E-state index in [4.69, 9.17) is 0 Å². The van der Waals surface area contributed by atoms with Crippen molar-refractivity contribution in [2.45, 2.75) is 44.9 Å². The molecule has 96 valence electrons. The number of carboxylic acids is 1. The van der Waals surface area contributed by atoms with Crippen LogP contribution < -0.4 is 0 Å². The number of likely N-dealkylation sites (tertiary alicyclic amines) is 1. The highest BCUT2D eigenvalue weighted by molar-refractivity contribution is 5.85.